The van der Waals surface area contributed by atoms with Crippen LogP contribution in [0.4, 0.5) is 5.69 Å². The monoisotopic (exact) mass is 231 g/mol. The van der Waals surface area contributed by atoms with E-state index in [0.29, 0.717) is 12.1 Å². The zero-order valence-corrected chi connectivity index (χ0v) is 10.0. The lowest BCUT2D eigenvalue weighted by Gasteiger charge is -2.25. The average molecular weight is 231 g/mol. The Kier molecular flexibility index (Phi) is 3.42. The van der Waals surface area contributed by atoms with Gasteiger partial charge in [-0.15, -0.1) is 0 Å². The van der Waals surface area contributed by atoms with Gasteiger partial charge < -0.3 is 10.6 Å². The largest absolute Gasteiger partial charge is 0.397 e. The molecule has 1 aliphatic rings. The van der Waals surface area contributed by atoms with Gasteiger partial charge in [-0.25, -0.2) is 0 Å². The maximum absolute atomic E-state index is 12.0. The number of pyridine rings is 1. The summed E-state index contributed by atoms with van der Waals surface area (Å²) in [5.41, 5.74) is 8.31. The number of nitrogens with two attached hydrogens (primary N) is 1. The zero-order chi connectivity index (χ0) is 12.3. The van der Waals surface area contributed by atoms with Crippen molar-refractivity contribution in [2.24, 2.45) is 0 Å². The number of carbonyl (C=O) groups is 1. The Bertz CT molecular complexity index is 436. The summed E-state index contributed by atoms with van der Waals surface area (Å²) < 4.78 is 0. The van der Waals surface area contributed by atoms with E-state index in [4.69, 9.17) is 5.73 Å². The van der Waals surface area contributed by atoms with E-state index in [1.165, 1.54) is 5.57 Å². The summed E-state index contributed by atoms with van der Waals surface area (Å²) in [4.78, 5) is 18.0. The van der Waals surface area contributed by atoms with E-state index >= 15 is 0 Å². The summed E-state index contributed by atoms with van der Waals surface area (Å²) in [5, 5.41) is 0. The lowest BCUT2D eigenvalue weighted by atomic mass is 10.1. The third-order valence-electron chi connectivity index (χ3n) is 2.97. The van der Waals surface area contributed by atoms with Gasteiger partial charge >= 0.3 is 0 Å². The van der Waals surface area contributed by atoms with Gasteiger partial charge in [0.15, 0.2) is 0 Å². The second kappa shape index (κ2) is 4.99. The van der Waals surface area contributed by atoms with Crippen molar-refractivity contribution in [3.05, 3.63) is 35.7 Å². The summed E-state index contributed by atoms with van der Waals surface area (Å²) in [5.74, 6) is 0.131. The summed E-state index contributed by atoms with van der Waals surface area (Å²) in [6.07, 6.45) is 5.02. The van der Waals surface area contributed by atoms with Crippen molar-refractivity contribution in [3.8, 4) is 0 Å². The fraction of sp³-hybridized carbons (Fsp3) is 0.385. The number of hydrogen-bond acceptors (Lipinski definition) is 3. The summed E-state index contributed by atoms with van der Waals surface area (Å²) in [7, 11) is 0. The van der Waals surface area contributed by atoms with Gasteiger partial charge in [0.1, 0.15) is 0 Å². The van der Waals surface area contributed by atoms with Crippen molar-refractivity contribution in [1.82, 2.24) is 9.88 Å². The molecule has 0 saturated heterocycles. The van der Waals surface area contributed by atoms with Gasteiger partial charge in [-0.3, -0.25) is 9.78 Å². The number of nitrogens with zero attached hydrogens (tertiary/aromatic N) is 2. The van der Waals surface area contributed by atoms with Crippen LogP contribution in [0.15, 0.2) is 30.0 Å². The molecule has 2 rings (SSSR count). The van der Waals surface area contributed by atoms with Gasteiger partial charge in [0.25, 0.3) is 0 Å². The lowest BCUT2D eigenvalue weighted by Crippen LogP contribution is -2.35. The number of rotatable bonds is 2. The van der Waals surface area contributed by atoms with Crippen LogP contribution in [-0.2, 0) is 11.2 Å². The van der Waals surface area contributed by atoms with Gasteiger partial charge in [0, 0.05) is 18.8 Å². The maximum Gasteiger partial charge on any atom is 0.228 e. The third kappa shape index (κ3) is 3.06. The normalized spacial score (nSPS) is 15.6. The molecule has 0 aromatic carbocycles. The topological polar surface area (TPSA) is 59.2 Å². The molecule has 0 aliphatic carbocycles. The van der Waals surface area contributed by atoms with E-state index in [1.54, 1.807) is 18.3 Å². The molecule has 4 nitrogen and oxygen atoms in total. The molecule has 90 valence electrons. The highest BCUT2D eigenvalue weighted by atomic mass is 16.2. The van der Waals surface area contributed by atoms with Gasteiger partial charge in [-0.2, -0.15) is 0 Å². The van der Waals surface area contributed by atoms with E-state index in [0.717, 1.165) is 25.2 Å². The van der Waals surface area contributed by atoms with Crippen molar-refractivity contribution >= 4 is 11.6 Å². The number of aromatic nitrogens is 1. The minimum atomic E-state index is 0.131. The zero-order valence-electron chi connectivity index (χ0n) is 10.0. The molecule has 1 aromatic heterocycles. The Morgan fingerprint density at radius 2 is 2.35 bits per heavy atom. The predicted molar refractivity (Wildman–Crippen MR) is 67.3 cm³/mol. The van der Waals surface area contributed by atoms with Gasteiger partial charge in [0.05, 0.1) is 18.3 Å². The van der Waals surface area contributed by atoms with Crippen molar-refractivity contribution in [2.75, 3.05) is 18.8 Å². The van der Waals surface area contributed by atoms with E-state index in [2.05, 4.69) is 18.0 Å². The standard InChI is InChI=1S/C13H17N3O/c1-10-4-6-16(7-5-10)13(17)8-12-3-2-11(14)9-15-12/h2-4,9H,5-8,14H2,1H3. The number of hydrogen-bond donors (Lipinski definition) is 1. The third-order valence-corrected chi connectivity index (χ3v) is 2.97. The second-order valence-electron chi connectivity index (χ2n) is 4.40. The van der Waals surface area contributed by atoms with Crippen LogP contribution in [0.5, 0.6) is 0 Å². The number of amides is 1. The van der Waals surface area contributed by atoms with Crippen LogP contribution in [0.1, 0.15) is 19.0 Å². The van der Waals surface area contributed by atoms with Crippen molar-refractivity contribution in [2.45, 2.75) is 19.8 Å². The van der Waals surface area contributed by atoms with E-state index in [-0.39, 0.29) is 5.91 Å². The molecule has 0 atom stereocenters. The molecule has 1 aliphatic heterocycles. The Morgan fingerprint density at radius 1 is 1.53 bits per heavy atom. The van der Waals surface area contributed by atoms with Crippen molar-refractivity contribution in [3.63, 3.8) is 0 Å². The highest BCUT2D eigenvalue weighted by Crippen LogP contribution is 2.11. The minimum Gasteiger partial charge on any atom is -0.397 e. The van der Waals surface area contributed by atoms with Gasteiger partial charge in [0.2, 0.25) is 5.91 Å². The molecule has 0 spiro atoms. The van der Waals surface area contributed by atoms with Crippen LogP contribution in [0.25, 0.3) is 0 Å². The second-order valence-corrected chi connectivity index (χ2v) is 4.40. The first-order chi connectivity index (χ1) is 8.15. The van der Waals surface area contributed by atoms with Crippen molar-refractivity contribution in [1.29, 1.82) is 0 Å². The highest BCUT2D eigenvalue weighted by Gasteiger charge is 2.16. The first kappa shape index (κ1) is 11.6. The SMILES string of the molecule is CC1=CCN(C(=O)Cc2ccc(N)cn2)CC1. The summed E-state index contributed by atoms with van der Waals surface area (Å²) in [6, 6.07) is 3.58. The maximum atomic E-state index is 12.0. The number of nitrogen functional groups attached to an aromatic ring is 1. The minimum absolute atomic E-state index is 0.131. The van der Waals surface area contributed by atoms with E-state index in [1.807, 2.05) is 4.90 Å². The van der Waals surface area contributed by atoms with Gasteiger partial charge in [-0.05, 0) is 25.5 Å². The van der Waals surface area contributed by atoms with Crippen LogP contribution in [0, 0.1) is 0 Å². The molecule has 1 aromatic rings. The van der Waals surface area contributed by atoms with Crippen molar-refractivity contribution < 1.29 is 4.79 Å². The molecule has 2 heterocycles. The highest BCUT2D eigenvalue weighted by molar-refractivity contribution is 5.78. The first-order valence-corrected chi connectivity index (χ1v) is 5.79. The molecule has 0 saturated carbocycles. The molecule has 17 heavy (non-hydrogen) atoms. The summed E-state index contributed by atoms with van der Waals surface area (Å²) in [6.45, 7) is 3.64. The number of anilines is 1. The molecule has 0 bridgehead atoms. The molecular formula is C13H17N3O. The number of carbonyl (C=O) groups excluding carboxylic acids is 1. The predicted octanol–water partition coefficient (Wildman–Crippen LogP) is 1.38. The van der Waals surface area contributed by atoms with Crippen LogP contribution in [0.2, 0.25) is 0 Å². The molecule has 2 N–H and O–H groups in total. The van der Waals surface area contributed by atoms with Crippen LogP contribution >= 0.6 is 0 Å². The Labute approximate surface area is 101 Å². The molecule has 0 radical (unpaired) electrons. The van der Waals surface area contributed by atoms with Crippen LogP contribution in [-0.4, -0.2) is 28.9 Å². The Morgan fingerprint density at radius 3 is 2.94 bits per heavy atom. The fourth-order valence-electron chi connectivity index (χ4n) is 1.80. The van der Waals surface area contributed by atoms with Gasteiger partial charge in [-0.1, -0.05) is 11.6 Å². The lowest BCUT2D eigenvalue weighted by molar-refractivity contribution is -0.130. The molecule has 1 amide bonds. The Hall–Kier alpha value is -1.84. The van der Waals surface area contributed by atoms with Crippen LogP contribution in [0.3, 0.4) is 0 Å². The summed E-state index contributed by atoms with van der Waals surface area (Å²) >= 11 is 0. The molecule has 4 heteroatoms. The Balaban J connectivity index is 1.95. The fourth-order valence-corrected chi connectivity index (χ4v) is 1.80. The van der Waals surface area contributed by atoms with Crippen LogP contribution < -0.4 is 5.73 Å². The smallest absolute Gasteiger partial charge is 0.228 e. The molecule has 0 unspecified atom stereocenters. The van der Waals surface area contributed by atoms with E-state index < -0.39 is 0 Å². The first-order valence-electron chi connectivity index (χ1n) is 5.79. The molecular weight excluding hydrogens is 214 g/mol. The van der Waals surface area contributed by atoms with E-state index in [9.17, 15) is 4.79 Å². The molecule has 0 fully saturated rings. The average Bonchev–Trinajstić information content (AvgIpc) is 2.33. The quantitative estimate of drug-likeness (QED) is 0.782.